The van der Waals surface area contributed by atoms with Crippen LogP contribution in [0.1, 0.15) is 30.1 Å². The van der Waals surface area contributed by atoms with Gasteiger partial charge in [-0.2, -0.15) is 0 Å². The van der Waals surface area contributed by atoms with Crippen LogP contribution < -0.4 is 21.5 Å². The van der Waals surface area contributed by atoms with E-state index in [0.29, 0.717) is 24.8 Å². The van der Waals surface area contributed by atoms with Crippen molar-refractivity contribution in [2.45, 2.75) is 25.7 Å². The lowest BCUT2D eigenvalue weighted by molar-refractivity contribution is -0.120. The summed E-state index contributed by atoms with van der Waals surface area (Å²) in [6, 6.07) is 0. The van der Waals surface area contributed by atoms with Crippen LogP contribution in [0.5, 0.6) is 0 Å². The van der Waals surface area contributed by atoms with Crippen molar-refractivity contribution < 1.29 is 4.79 Å². The van der Waals surface area contributed by atoms with Crippen molar-refractivity contribution in [3.8, 4) is 0 Å². The van der Waals surface area contributed by atoms with E-state index in [1.54, 1.807) is 0 Å². The molecule has 1 amide bonds. The molecule has 4 N–H and O–H groups in total. The van der Waals surface area contributed by atoms with Crippen LogP contribution in [0.2, 0.25) is 0 Å². The average Bonchev–Trinajstić information content (AvgIpc) is 3.23. The summed E-state index contributed by atoms with van der Waals surface area (Å²) >= 11 is 0. The summed E-state index contributed by atoms with van der Waals surface area (Å²) in [5.41, 5.74) is 3.52. The molecule has 102 valence electrons. The first-order valence-electron chi connectivity index (χ1n) is 6.56. The van der Waals surface area contributed by atoms with Gasteiger partial charge in [-0.05, 0) is 19.8 Å². The quantitative estimate of drug-likeness (QED) is 0.519. The molecule has 1 aliphatic carbocycles. The van der Waals surface area contributed by atoms with Gasteiger partial charge in [0.05, 0.1) is 6.54 Å². The van der Waals surface area contributed by atoms with Gasteiger partial charge in [0.15, 0.2) is 0 Å². The molecule has 1 saturated heterocycles. The SMILES string of the molecule is Cc1c(NN)nc(C2CC2)nc1N1CCNC(=O)C1. The zero-order valence-corrected chi connectivity index (χ0v) is 10.9. The fourth-order valence-corrected chi connectivity index (χ4v) is 2.31. The Morgan fingerprint density at radius 2 is 2.21 bits per heavy atom. The Hall–Kier alpha value is -1.89. The van der Waals surface area contributed by atoms with Crippen molar-refractivity contribution in [1.82, 2.24) is 15.3 Å². The lowest BCUT2D eigenvalue weighted by atomic mass is 10.2. The maximum absolute atomic E-state index is 11.5. The van der Waals surface area contributed by atoms with E-state index in [1.807, 2.05) is 11.8 Å². The Labute approximate surface area is 111 Å². The van der Waals surface area contributed by atoms with Gasteiger partial charge >= 0.3 is 0 Å². The molecule has 0 radical (unpaired) electrons. The molecule has 19 heavy (non-hydrogen) atoms. The third-order valence-corrected chi connectivity index (χ3v) is 3.55. The summed E-state index contributed by atoms with van der Waals surface area (Å²) < 4.78 is 0. The van der Waals surface area contributed by atoms with Crippen LogP contribution in [-0.4, -0.2) is 35.5 Å². The van der Waals surface area contributed by atoms with Gasteiger partial charge < -0.3 is 15.6 Å². The van der Waals surface area contributed by atoms with Gasteiger partial charge in [0, 0.05) is 24.6 Å². The summed E-state index contributed by atoms with van der Waals surface area (Å²) in [5, 5.41) is 2.82. The first kappa shape index (κ1) is 12.2. The van der Waals surface area contributed by atoms with E-state index in [2.05, 4.69) is 20.7 Å². The third-order valence-electron chi connectivity index (χ3n) is 3.55. The predicted molar refractivity (Wildman–Crippen MR) is 71.8 cm³/mol. The summed E-state index contributed by atoms with van der Waals surface area (Å²) in [7, 11) is 0. The number of hydrogen-bond donors (Lipinski definition) is 3. The molecule has 0 aromatic carbocycles. The summed E-state index contributed by atoms with van der Waals surface area (Å²) in [6.07, 6.45) is 2.26. The molecule has 1 aromatic heterocycles. The van der Waals surface area contributed by atoms with Crippen molar-refractivity contribution >= 4 is 17.5 Å². The van der Waals surface area contributed by atoms with Gasteiger partial charge in [0.25, 0.3) is 0 Å². The second-order valence-electron chi connectivity index (χ2n) is 5.07. The second kappa shape index (κ2) is 4.65. The maximum Gasteiger partial charge on any atom is 0.239 e. The number of nitrogens with one attached hydrogen (secondary N) is 2. The van der Waals surface area contributed by atoms with Gasteiger partial charge in [0.1, 0.15) is 17.5 Å². The molecule has 7 heteroatoms. The highest BCUT2D eigenvalue weighted by atomic mass is 16.2. The number of aromatic nitrogens is 2. The number of nitrogen functional groups attached to an aromatic ring is 1. The largest absolute Gasteiger partial charge is 0.353 e. The van der Waals surface area contributed by atoms with Crippen LogP contribution >= 0.6 is 0 Å². The third kappa shape index (κ3) is 2.33. The van der Waals surface area contributed by atoms with E-state index in [4.69, 9.17) is 5.84 Å². The smallest absolute Gasteiger partial charge is 0.239 e. The van der Waals surface area contributed by atoms with E-state index >= 15 is 0 Å². The Kier molecular flexibility index (Phi) is 2.98. The zero-order valence-electron chi connectivity index (χ0n) is 10.9. The highest BCUT2D eigenvalue weighted by Gasteiger charge is 2.29. The van der Waals surface area contributed by atoms with Gasteiger partial charge in [0.2, 0.25) is 5.91 Å². The number of carbonyl (C=O) groups excluding carboxylic acids is 1. The molecule has 2 aliphatic rings. The lowest BCUT2D eigenvalue weighted by Gasteiger charge is -2.29. The van der Waals surface area contributed by atoms with Gasteiger partial charge in [-0.25, -0.2) is 15.8 Å². The van der Waals surface area contributed by atoms with Crippen molar-refractivity contribution in [3.63, 3.8) is 0 Å². The van der Waals surface area contributed by atoms with E-state index in [0.717, 1.165) is 36.6 Å². The minimum atomic E-state index is 0.0273. The Balaban J connectivity index is 1.98. The number of piperazine rings is 1. The molecule has 0 spiro atoms. The summed E-state index contributed by atoms with van der Waals surface area (Å²) in [6.45, 7) is 3.67. The van der Waals surface area contributed by atoms with Crippen LogP contribution in [0.4, 0.5) is 11.6 Å². The van der Waals surface area contributed by atoms with E-state index in [-0.39, 0.29) is 5.91 Å². The van der Waals surface area contributed by atoms with Gasteiger partial charge in [-0.1, -0.05) is 0 Å². The summed E-state index contributed by atoms with van der Waals surface area (Å²) in [4.78, 5) is 22.6. The highest BCUT2D eigenvalue weighted by Crippen LogP contribution is 2.39. The second-order valence-corrected chi connectivity index (χ2v) is 5.07. The van der Waals surface area contributed by atoms with Crippen molar-refractivity contribution in [3.05, 3.63) is 11.4 Å². The molecule has 0 unspecified atom stereocenters. The number of anilines is 2. The molecule has 3 rings (SSSR count). The van der Waals surface area contributed by atoms with Gasteiger partial charge in [-0.3, -0.25) is 4.79 Å². The predicted octanol–water partition coefficient (Wildman–Crippen LogP) is -0.116. The normalized spacial score (nSPS) is 19.3. The number of rotatable bonds is 3. The van der Waals surface area contributed by atoms with Crippen LogP contribution in [-0.2, 0) is 4.79 Å². The van der Waals surface area contributed by atoms with Crippen LogP contribution in [0.15, 0.2) is 0 Å². The number of nitrogens with two attached hydrogens (primary N) is 1. The molecule has 7 nitrogen and oxygen atoms in total. The van der Waals surface area contributed by atoms with Crippen LogP contribution in [0, 0.1) is 6.92 Å². The maximum atomic E-state index is 11.5. The first-order valence-corrected chi connectivity index (χ1v) is 6.56. The zero-order chi connectivity index (χ0) is 13.4. The molecular formula is C12H18N6O. The molecule has 1 aliphatic heterocycles. The fourth-order valence-electron chi connectivity index (χ4n) is 2.31. The minimum Gasteiger partial charge on any atom is -0.353 e. The average molecular weight is 262 g/mol. The Morgan fingerprint density at radius 3 is 2.84 bits per heavy atom. The monoisotopic (exact) mass is 262 g/mol. The molecule has 1 aromatic rings. The topological polar surface area (TPSA) is 96.2 Å². The molecule has 2 fully saturated rings. The molecule has 0 bridgehead atoms. The minimum absolute atomic E-state index is 0.0273. The van der Waals surface area contributed by atoms with Crippen LogP contribution in [0.25, 0.3) is 0 Å². The Morgan fingerprint density at radius 1 is 1.42 bits per heavy atom. The number of hydrogen-bond acceptors (Lipinski definition) is 6. The number of carbonyl (C=O) groups is 1. The van der Waals surface area contributed by atoms with Crippen LogP contribution in [0.3, 0.4) is 0 Å². The first-order chi connectivity index (χ1) is 9.19. The Bertz CT molecular complexity index is 513. The molecule has 0 atom stereocenters. The van der Waals surface area contributed by atoms with Gasteiger partial charge in [-0.15, -0.1) is 0 Å². The van der Waals surface area contributed by atoms with Crippen molar-refractivity contribution in [1.29, 1.82) is 0 Å². The molecule has 1 saturated carbocycles. The fraction of sp³-hybridized carbons (Fsp3) is 0.583. The molecular weight excluding hydrogens is 244 g/mol. The number of hydrazine groups is 1. The standard InChI is InChI=1S/C12H18N6O/c1-7-10(17-13)15-11(8-2-3-8)16-12(7)18-5-4-14-9(19)6-18/h8H,2-6,13H2,1H3,(H,14,19)(H,15,16,17). The van der Waals surface area contributed by atoms with E-state index < -0.39 is 0 Å². The van der Waals surface area contributed by atoms with E-state index in [1.165, 1.54) is 0 Å². The number of nitrogens with zero attached hydrogens (tertiary/aromatic N) is 3. The highest BCUT2D eigenvalue weighted by molar-refractivity contribution is 5.82. The number of amides is 1. The lowest BCUT2D eigenvalue weighted by Crippen LogP contribution is -2.48. The van der Waals surface area contributed by atoms with E-state index in [9.17, 15) is 4.79 Å². The van der Waals surface area contributed by atoms with Crippen molar-refractivity contribution in [2.75, 3.05) is 30.0 Å². The summed E-state index contributed by atoms with van der Waals surface area (Å²) in [5.74, 6) is 8.31. The molecule has 2 heterocycles. The van der Waals surface area contributed by atoms with Crippen molar-refractivity contribution in [2.24, 2.45) is 5.84 Å².